The SMILES string of the molecule is O=C(Nc1cscc1C(=O)O)c1cccs1. The van der Waals surface area contributed by atoms with Crippen LogP contribution in [0.4, 0.5) is 5.69 Å². The highest BCUT2D eigenvalue weighted by molar-refractivity contribution is 7.12. The second kappa shape index (κ2) is 4.46. The van der Waals surface area contributed by atoms with Crippen molar-refractivity contribution in [2.75, 3.05) is 5.32 Å². The van der Waals surface area contributed by atoms with Crippen LogP contribution in [-0.4, -0.2) is 17.0 Å². The quantitative estimate of drug-likeness (QED) is 0.883. The highest BCUT2D eigenvalue weighted by atomic mass is 32.1. The molecule has 2 rings (SSSR count). The first-order valence-electron chi connectivity index (χ1n) is 4.33. The van der Waals surface area contributed by atoms with Crippen LogP contribution in [0.2, 0.25) is 0 Å². The number of aromatic carboxylic acids is 1. The Balaban J connectivity index is 2.18. The Bertz CT molecular complexity index is 516. The molecule has 2 aromatic heterocycles. The molecule has 0 radical (unpaired) electrons. The summed E-state index contributed by atoms with van der Waals surface area (Å²) in [5, 5.41) is 16.3. The number of anilines is 1. The number of rotatable bonds is 3. The molecule has 0 bridgehead atoms. The van der Waals surface area contributed by atoms with Crippen LogP contribution in [0, 0.1) is 0 Å². The molecular weight excluding hydrogens is 246 g/mol. The molecule has 0 aliphatic rings. The third kappa shape index (κ3) is 2.12. The lowest BCUT2D eigenvalue weighted by Gasteiger charge is -2.01. The fraction of sp³-hybridized carbons (Fsp3) is 0. The Morgan fingerprint density at radius 1 is 1.31 bits per heavy atom. The molecule has 0 saturated carbocycles. The number of carbonyl (C=O) groups is 2. The Morgan fingerprint density at radius 3 is 2.75 bits per heavy atom. The molecule has 0 aromatic carbocycles. The molecule has 0 unspecified atom stereocenters. The molecule has 16 heavy (non-hydrogen) atoms. The highest BCUT2D eigenvalue weighted by Crippen LogP contribution is 2.22. The van der Waals surface area contributed by atoms with E-state index in [2.05, 4.69) is 5.32 Å². The average molecular weight is 253 g/mol. The van der Waals surface area contributed by atoms with Gasteiger partial charge in [-0.25, -0.2) is 4.79 Å². The Hall–Kier alpha value is -1.66. The molecule has 0 spiro atoms. The van der Waals surface area contributed by atoms with Gasteiger partial charge in [0.15, 0.2) is 0 Å². The van der Waals surface area contributed by atoms with E-state index in [-0.39, 0.29) is 11.5 Å². The molecule has 1 amide bonds. The molecule has 2 N–H and O–H groups in total. The summed E-state index contributed by atoms with van der Waals surface area (Å²) in [6.07, 6.45) is 0. The van der Waals surface area contributed by atoms with Crippen molar-refractivity contribution in [1.82, 2.24) is 0 Å². The van der Waals surface area contributed by atoms with Gasteiger partial charge in [-0.05, 0) is 11.4 Å². The summed E-state index contributed by atoms with van der Waals surface area (Å²) in [5.41, 5.74) is 0.464. The van der Waals surface area contributed by atoms with Crippen molar-refractivity contribution < 1.29 is 14.7 Å². The van der Waals surface area contributed by atoms with E-state index in [1.807, 2.05) is 0 Å². The molecule has 0 aliphatic carbocycles. The van der Waals surface area contributed by atoms with Crippen LogP contribution in [-0.2, 0) is 0 Å². The van der Waals surface area contributed by atoms with E-state index in [1.54, 1.807) is 22.9 Å². The van der Waals surface area contributed by atoms with Crippen LogP contribution in [0.3, 0.4) is 0 Å². The minimum Gasteiger partial charge on any atom is -0.478 e. The van der Waals surface area contributed by atoms with Gasteiger partial charge < -0.3 is 10.4 Å². The van der Waals surface area contributed by atoms with Gasteiger partial charge in [0.25, 0.3) is 5.91 Å². The Morgan fingerprint density at radius 2 is 2.12 bits per heavy atom. The first kappa shape index (κ1) is 10.8. The Labute approximate surface area is 99.2 Å². The van der Waals surface area contributed by atoms with Crippen LogP contribution in [0.5, 0.6) is 0 Å². The van der Waals surface area contributed by atoms with Crippen molar-refractivity contribution >= 4 is 40.2 Å². The number of nitrogens with one attached hydrogen (secondary N) is 1. The summed E-state index contributed by atoms with van der Waals surface area (Å²) in [7, 11) is 0. The number of thiophene rings is 2. The second-order valence-electron chi connectivity index (χ2n) is 2.94. The predicted molar refractivity (Wildman–Crippen MR) is 63.6 cm³/mol. The van der Waals surface area contributed by atoms with Gasteiger partial charge in [0.2, 0.25) is 0 Å². The normalized spacial score (nSPS) is 10.0. The van der Waals surface area contributed by atoms with Crippen LogP contribution in [0.1, 0.15) is 20.0 Å². The third-order valence-electron chi connectivity index (χ3n) is 1.89. The van der Waals surface area contributed by atoms with Crippen LogP contribution >= 0.6 is 22.7 Å². The number of hydrogen-bond donors (Lipinski definition) is 2. The summed E-state index contributed by atoms with van der Waals surface area (Å²) in [6, 6.07) is 3.46. The minimum absolute atomic E-state index is 0.120. The molecule has 0 saturated heterocycles. The maximum Gasteiger partial charge on any atom is 0.338 e. The number of carboxylic acids is 1. The monoisotopic (exact) mass is 253 g/mol. The summed E-state index contributed by atoms with van der Waals surface area (Å²) in [4.78, 5) is 23.0. The lowest BCUT2D eigenvalue weighted by atomic mass is 10.3. The summed E-state index contributed by atoms with van der Waals surface area (Å²) in [5.74, 6) is -1.32. The van der Waals surface area contributed by atoms with E-state index < -0.39 is 5.97 Å². The maximum absolute atomic E-state index is 11.7. The molecular formula is C10H7NO3S2. The topological polar surface area (TPSA) is 66.4 Å². The molecule has 4 nitrogen and oxygen atoms in total. The van der Waals surface area contributed by atoms with E-state index in [4.69, 9.17) is 5.11 Å². The molecule has 0 atom stereocenters. The lowest BCUT2D eigenvalue weighted by Crippen LogP contribution is -2.12. The Kier molecular flexibility index (Phi) is 3.02. The van der Waals surface area contributed by atoms with Gasteiger partial charge in [-0.1, -0.05) is 6.07 Å². The zero-order chi connectivity index (χ0) is 11.5. The van der Waals surface area contributed by atoms with Crippen LogP contribution < -0.4 is 5.32 Å². The highest BCUT2D eigenvalue weighted by Gasteiger charge is 2.14. The van der Waals surface area contributed by atoms with Crippen LogP contribution in [0.15, 0.2) is 28.3 Å². The van der Waals surface area contributed by atoms with Gasteiger partial charge in [-0.2, -0.15) is 0 Å². The first-order valence-corrected chi connectivity index (χ1v) is 6.15. The van der Waals surface area contributed by atoms with Gasteiger partial charge in [0, 0.05) is 10.8 Å². The average Bonchev–Trinajstić information content (AvgIpc) is 2.86. The van der Waals surface area contributed by atoms with Gasteiger partial charge in [0.05, 0.1) is 16.1 Å². The summed E-state index contributed by atoms with van der Waals surface area (Å²) < 4.78 is 0. The standard InChI is InChI=1S/C10H7NO3S2/c12-9(8-2-1-3-16-8)11-7-5-15-4-6(7)10(13)14/h1-5H,(H,11,12)(H,13,14). The zero-order valence-electron chi connectivity index (χ0n) is 7.97. The fourth-order valence-electron chi connectivity index (χ4n) is 1.15. The van der Waals surface area contributed by atoms with E-state index >= 15 is 0 Å². The molecule has 0 aliphatic heterocycles. The smallest absolute Gasteiger partial charge is 0.338 e. The fourth-order valence-corrected chi connectivity index (χ4v) is 2.52. The van der Waals surface area contributed by atoms with Gasteiger partial charge in [0.1, 0.15) is 0 Å². The third-order valence-corrected chi connectivity index (χ3v) is 3.50. The van der Waals surface area contributed by atoms with Crippen molar-refractivity contribution in [1.29, 1.82) is 0 Å². The number of amides is 1. The van der Waals surface area contributed by atoms with E-state index in [9.17, 15) is 9.59 Å². The van der Waals surface area contributed by atoms with Crippen molar-refractivity contribution in [3.63, 3.8) is 0 Å². The largest absolute Gasteiger partial charge is 0.478 e. The number of hydrogen-bond acceptors (Lipinski definition) is 4. The van der Waals surface area contributed by atoms with Gasteiger partial charge in [-0.3, -0.25) is 4.79 Å². The van der Waals surface area contributed by atoms with Gasteiger partial charge >= 0.3 is 5.97 Å². The van der Waals surface area contributed by atoms with Crippen LogP contribution in [0.25, 0.3) is 0 Å². The van der Waals surface area contributed by atoms with E-state index in [0.717, 1.165) is 0 Å². The van der Waals surface area contributed by atoms with Gasteiger partial charge in [-0.15, -0.1) is 22.7 Å². The lowest BCUT2D eigenvalue weighted by molar-refractivity contribution is 0.0698. The van der Waals surface area contributed by atoms with Crippen molar-refractivity contribution in [2.24, 2.45) is 0 Å². The molecule has 82 valence electrons. The first-order chi connectivity index (χ1) is 7.68. The maximum atomic E-state index is 11.7. The van der Waals surface area contributed by atoms with E-state index in [1.165, 1.54) is 28.1 Å². The number of carboxylic acid groups (broad SMARTS) is 1. The molecule has 6 heteroatoms. The predicted octanol–water partition coefficient (Wildman–Crippen LogP) is 2.76. The van der Waals surface area contributed by atoms with Crippen molar-refractivity contribution in [2.45, 2.75) is 0 Å². The summed E-state index contributed by atoms with van der Waals surface area (Å²) >= 11 is 2.55. The second-order valence-corrected chi connectivity index (χ2v) is 4.63. The van der Waals surface area contributed by atoms with Crippen molar-refractivity contribution in [3.05, 3.63) is 38.7 Å². The zero-order valence-corrected chi connectivity index (χ0v) is 9.60. The molecule has 0 fully saturated rings. The van der Waals surface area contributed by atoms with E-state index in [0.29, 0.717) is 10.6 Å². The number of carbonyl (C=O) groups excluding carboxylic acids is 1. The van der Waals surface area contributed by atoms with Crippen molar-refractivity contribution in [3.8, 4) is 0 Å². The molecule has 2 heterocycles. The molecule has 2 aromatic rings. The summed E-state index contributed by atoms with van der Waals surface area (Å²) in [6.45, 7) is 0. The minimum atomic E-state index is -1.04.